The third-order valence-electron chi connectivity index (χ3n) is 3.07. The SMILES string of the molecule is CCCOc1cccnc1NCCCN(CC)CC. The summed E-state index contributed by atoms with van der Waals surface area (Å²) in [6, 6.07) is 3.88. The van der Waals surface area contributed by atoms with Crippen LogP contribution in [0.15, 0.2) is 18.3 Å². The highest BCUT2D eigenvalue weighted by Gasteiger charge is 2.04. The van der Waals surface area contributed by atoms with Gasteiger partial charge in [-0.2, -0.15) is 0 Å². The van der Waals surface area contributed by atoms with Gasteiger partial charge in [-0.15, -0.1) is 0 Å². The smallest absolute Gasteiger partial charge is 0.168 e. The molecule has 0 amide bonds. The average molecular weight is 265 g/mol. The minimum Gasteiger partial charge on any atom is -0.490 e. The van der Waals surface area contributed by atoms with Gasteiger partial charge in [-0.05, 0) is 44.6 Å². The van der Waals surface area contributed by atoms with Crippen LogP contribution in [0.3, 0.4) is 0 Å². The van der Waals surface area contributed by atoms with E-state index in [4.69, 9.17) is 4.74 Å². The van der Waals surface area contributed by atoms with Gasteiger partial charge in [-0.1, -0.05) is 20.8 Å². The van der Waals surface area contributed by atoms with Crippen molar-refractivity contribution in [2.24, 2.45) is 0 Å². The average Bonchev–Trinajstić information content (AvgIpc) is 2.46. The van der Waals surface area contributed by atoms with Crippen LogP contribution in [0.4, 0.5) is 5.82 Å². The molecular weight excluding hydrogens is 238 g/mol. The highest BCUT2D eigenvalue weighted by molar-refractivity contribution is 5.49. The molecule has 0 radical (unpaired) electrons. The van der Waals surface area contributed by atoms with Crippen LogP contribution in [-0.4, -0.2) is 42.7 Å². The van der Waals surface area contributed by atoms with Crippen molar-refractivity contribution in [1.82, 2.24) is 9.88 Å². The Bertz CT molecular complexity index is 340. The van der Waals surface area contributed by atoms with Gasteiger partial charge in [0.15, 0.2) is 11.6 Å². The van der Waals surface area contributed by atoms with Gasteiger partial charge >= 0.3 is 0 Å². The maximum absolute atomic E-state index is 5.67. The molecule has 4 nitrogen and oxygen atoms in total. The second-order valence-corrected chi connectivity index (χ2v) is 4.51. The first-order valence-corrected chi connectivity index (χ1v) is 7.35. The van der Waals surface area contributed by atoms with Crippen molar-refractivity contribution in [3.8, 4) is 5.75 Å². The summed E-state index contributed by atoms with van der Waals surface area (Å²) in [5.74, 6) is 1.71. The van der Waals surface area contributed by atoms with Gasteiger partial charge in [0.1, 0.15) is 0 Å². The van der Waals surface area contributed by atoms with Crippen molar-refractivity contribution in [2.45, 2.75) is 33.6 Å². The quantitative estimate of drug-likeness (QED) is 0.660. The molecule has 19 heavy (non-hydrogen) atoms. The molecule has 1 N–H and O–H groups in total. The second-order valence-electron chi connectivity index (χ2n) is 4.51. The van der Waals surface area contributed by atoms with Crippen LogP contribution in [0.1, 0.15) is 33.6 Å². The Labute approximate surface area is 117 Å². The fraction of sp³-hybridized carbons (Fsp3) is 0.667. The van der Waals surface area contributed by atoms with Crippen LogP contribution in [-0.2, 0) is 0 Å². The summed E-state index contributed by atoms with van der Waals surface area (Å²) in [5, 5.41) is 3.36. The molecule has 0 spiro atoms. The van der Waals surface area contributed by atoms with Crippen LogP contribution >= 0.6 is 0 Å². The van der Waals surface area contributed by atoms with Crippen molar-refractivity contribution < 1.29 is 4.74 Å². The summed E-state index contributed by atoms with van der Waals surface area (Å²) in [7, 11) is 0. The summed E-state index contributed by atoms with van der Waals surface area (Å²) in [4.78, 5) is 6.76. The summed E-state index contributed by atoms with van der Waals surface area (Å²) in [6.45, 7) is 11.5. The number of hydrogen-bond acceptors (Lipinski definition) is 4. The fourth-order valence-electron chi connectivity index (χ4n) is 1.90. The monoisotopic (exact) mass is 265 g/mol. The Morgan fingerprint density at radius 3 is 2.74 bits per heavy atom. The van der Waals surface area contributed by atoms with Crippen molar-refractivity contribution in [2.75, 3.05) is 38.1 Å². The third kappa shape index (κ3) is 5.92. The van der Waals surface area contributed by atoms with E-state index in [9.17, 15) is 0 Å². The van der Waals surface area contributed by atoms with Gasteiger partial charge in [-0.3, -0.25) is 0 Å². The molecule has 1 rings (SSSR count). The normalized spacial score (nSPS) is 10.7. The van der Waals surface area contributed by atoms with Gasteiger partial charge in [0.2, 0.25) is 0 Å². The molecule has 4 heteroatoms. The lowest BCUT2D eigenvalue weighted by atomic mass is 10.3. The van der Waals surface area contributed by atoms with E-state index in [1.165, 1.54) is 0 Å². The first kappa shape index (κ1) is 15.8. The predicted octanol–water partition coefficient (Wildman–Crippen LogP) is 3.01. The molecule has 0 aromatic carbocycles. The van der Waals surface area contributed by atoms with Crippen molar-refractivity contribution in [3.05, 3.63) is 18.3 Å². The van der Waals surface area contributed by atoms with E-state index in [-0.39, 0.29) is 0 Å². The number of rotatable bonds is 10. The Kier molecular flexibility index (Phi) is 7.98. The van der Waals surface area contributed by atoms with Crippen molar-refractivity contribution in [1.29, 1.82) is 0 Å². The van der Waals surface area contributed by atoms with Gasteiger partial charge in [0, 0.05) is 12.7 Å². The lowest BCUT2D eigenvalue weighted by Gasteiger charge is -2.18. The van der Waals surface area contributed by atoms with E-state index in [0.29, 0.717) is 0 Å². The third-order valence-corrected chi connectivity index (χ3v) is 3.07. The van der Waals surface area contributed by atoms with Crippen molar-refractivity contribution >= 4 is 5.82 Å². The van der Waals surface area contributed by atoms with Crippen LogP contribution < -0.4 is 10.1 Å². The molecule has 0 aliphatic heterocycles. The van der Waals surface area contributed by atoms with Gasteiger partial charge in [0.05, 0.1) is 6.61 Å². The maximum atomic E-state index is 5.67. The van der Waals surface area contributed by atoms with Gasteiger partial charge < -0.3 is 15.0 Å². The Morgan fingerprint density at radius 2 is 2.05 bits per heavy atom. The number of ether oxygens (including phenoxy) is 1. The molecule has 0 saturated heterocycles. The maximum Gasteiger partial charge on any atom is 0.168 e. The zero-order chi connectivity index (χ0) is 13.9. The van der Waals surface area contributed by atoms with Crippen LogP contribution in [0.5, 0.6) is 5.75 Å². The van der Waals surface area contributed by atoms with Crippen LogP contribution in [0.2, 0.25) is 0 Å². The Balaban J connectivity index is 2.35. The minimum atomic E-state index is 0.736. The number of nitrogens with one attached hydrogen (secondary N) is 1. The van der Waals surface area contributed by atoms with E-state index in [1.807, 2.05) is 12.1 Å². The molecule has 0 aliphatic carbocycles. The molecule has 0 fully saturated rings. The van der Waals surface area contributed by atoms with E-state index in [2.05, 4.69) is 36.0 Å². The van der Waals surface area contributed by atoms with Crippen LogP contribution in [0, 0.1) is 0 Å². The number of anilines is 1. The number of nitrogens with zero attached hydrogens (tertiary/aromatic N) is 2. The molecule has 1 aromatic heterocycles. The minimum absolute atomic E-state index is 0.736. The highest BCUT2D eigenvalue weighted by Crippen LogP contribution is 2.20. The number of pyridine rings is 1. The van der Waals surface area contributed by atoms with Crippen molar-refractivity contribution in [3.63, 3.8) is 0 Å². The molecule has 0 bridgehead atoms. The topological polar surface area (TPSA) is 37.4 Å². The lowest BCUT2D eigenvalue weighted by Crippen LogP contribution is -2.25. The molecule has 108 valence electrons. The summed E-state index contributed by atoms with van der Waals surface area (Å²) < 4.78 is 5.67. The zero-order valence-electron chi connectivity index (χ0n) is 12.5. The Morgan fingerprint density at radius 1 is 1.26 bits per heavy atom. The van der Waals surface area contributed by atoms with E-state index < -0.39 is 0 Å². The number of hydrogen-bond donors (Lipinski definition) is 1. The highest BCUT2D eigenvalue weighted by atomic mass is 16.5. The van der Waals surface area contributed by atoms with E-state index >= 15 is 0 Å². The summed E-state index contributed by atoms with van der Waals surface area (Å²) in [6.07, 6.45) is 3.92. The molecular formula is C15H27N3O. The summed E-state index contributed by atoms with van der Waals surface area (Å²) >= 11 is 0. The zero-order valence-corrected chi connectivity index (χ0v) is 12.5. The first-order chi connectivity index (χ1) is 9.31. The van der Waals surface area contributed by atoms with Crippen LogP contribution in [0.25, 0.3) is 0 Å². The molecule has 1 aromatic rings. The standard InChI is InChI=1S/C15H27N3O/c1-4-13-19-14-9-7-10-16-15(14)17-11-8-12-18(5-2)6-3/h7,9-10H,4-6,8,11-13H2,1-3H3,(H,16,17). The van der Waals surface area contributed by atoms with E-state index in [0.717, 1.165) is 57.2 Å². The molecule has 0 saturated carbocycles. The van der Waals surface area contributed by atoms with Gasteiger partial charge in [0.25, 0.3) is 0 Å². The molecule has 0 unspecified atom stereocenters. The first-order valence-electron chi connectivity index (χ1n) is 7.35. The second kappa shape index (κ2) is 9.62. The molecule has 0 atom stereocenters. The summed E-state index contributed by atoms with van der Waals surface area (Å²) in [5.41, 5.74) is 0. The lowest BCUT2D eigenvalue weighted by molar-refractivity contribution is 0.302. The van der Waals surface area contributed by atoms with Gasteiger partial charge in [-0.25, -0.2) is 4.98 Å². The predicted molar refractivity (Wildman–Crippen MR) is 80.9 cm³/mol. The fourth-order valence-corrected chi connectivity index (χ4v) is 1.90. The molecule has 0 aliphatic rings. The van der Waals surface area contributed by atoms with E-state index in [1.54, 1.807) is 6.20 Å². The Hall–Kier alpha value is -1.29. The number of aromatic nitrogens is 1. The molecule has 1 heterocycles. The largest absolute Gasteiger partial charge is 0.490 e.